The second-order valence-corrected chi connectivity index (χ2v) is 7.35. The molecule has 21 heavy (non-hydrogen) atoms. The first-order valence-corrected chi connectivity index (χ1v) is 9.85. The molecule has 0 saturated carbocycles. The molecule has 124 valence electrons. The Kier molecular flexibility index (Phi) is 11.5. The average Bonchev–Trinajstić information content (AvgIpc) is 2.46. The van der Waals surface area contributed by atoms with E-state index in [0.717, 1.165) is 25.4 Å². The summed E-state index contributed by atoms with van der Waals surface area (Å²) in [4.78, 5) is 13.6. The van der Waals surface area contributed by atoms with Crippen molar-refractivity contribution in [2.75, 3.05) is 32.9 Å². The van der Waals surface area contributed by atoms with E-state index >= 15 is 0 Å². The van der Waals surface area contributed by atoms with E-state index < -0.39 is 8.80 Å². The molecule has 0 aromatic carbocycles. The summed E-state index contributed by atoms with van der Waals surface area (Å²) in [5.74, 6) is -0.0200. The van der Waals surface area contributed by atoms with Crippen LogP contribution in [0.3, 0.4) is 0 Å². The van der Waals surface area contributed by atoms with Crippen molar-refractivity contribution < 1.29 is 18.1 Å². The van der Waals surface area contributed by atoms with E-state index in [2.05, 4.69) is 13.5 Å². The fraction of sp³-hybridized carbons (Fsp3) is 0.800. The molecule has 0 radical (unpaired) electrons. The Morgan fingerprint density at radius 3 is 1.95 bits per heavy atom. The van der Waals surface area contributed by atoms with Gasteiger partial charge in [-0.3, -0.25) is 4.79 Å². The van der Waals surface area contributed by atoms with Crippen molar-refractivity contribution in [3.63, 3.8) is 0 Å². The zero-order valence-corrected chi connectivity index (χ0v) is 15.0. The van der Waals surface area contributed by atoms with Crippen molar-refractivity contribution in [1.29, 1.82) is 0 Å². The molecule has 0 unspecified atom stereocenters. The summed E-state index contributed by atoms with van der Waals surface area (Å²) >= 11 is 0. The molecular weight excluding hydrogens is 286 g/mol. The summed E-state index contributed by atoms with van der Waals surface area (Å²) in [5, 5.41) is 0. The van der Waals surface area contributed by atoms with Gasteiger partial charge >= 0.3 is 8.80 Å². The van der Waals surface area contributed by atoms with E-state index in [1.807, 2.05) is 25.7 Å². The minimum Gasteiger partial charge on any atom is -0.374 e. The molecule has 0 aliphatic heterocycles. The number of nitrogens with zero attached hydrogens (tertiary/aromatic N) is 1. The molecule has 0 saturated heterocycles. The second-order valence-electron chi connectivity index (χ2n) is 4.62. The van der Waals surface area contributed by atoms with Gasteiger partial charge in [0.05, 0.1) is 0 Å². The Balaban J connectivity index is 4.56. The smallest absolute Gasteiger partial charge is 0.374 e. The molecule has 0 atom stereocenters. The van der Waals surface area contributed by atoms with Crippen molar-refractivity contribution in [1.82, 2.24) is 4.90 Å². The lowest BCUT2D eigenvalue weighted by Gasteiger charge is -2.29. The number of hydrogen-bond acceptors (Lipinski definition) is 4. The van der Waals surface area contributed by atoms with Gasteiger partial charge in [-0.15, -0.1) is 0 Å². The Morgan fingerprint density at radius 2 is 1.57 bits per heavy atom. The highest BCUT2D eigenvalue weighted by molar-refractivity contribution is 6.60. The van der Waals surface area contributed by atoms with Crippen LogP contribution in [0.15, 0.2) is 12.7 Å². The van der Waals surface area contributed by atoms with E-state index in [9.17, 15) is 4.79 Å². The quantitative estimate of drug-likeness (QED) is 0.387. The van der Waals surface area contributed by atoms with Gasteiger partial charge in [-0.05, 0) is 39.7 Å². The first-order chi connectivity index (χ1) is 10.1. The lowest BCUT2D eigenvalue weighted by molar-refractivity contribution is -0.126. The van der Waals surface area contributed by atoms with Crippen molar-refractivity contribution in [2.45, 2.75) is 46.6 Å². The SMILES string of the molecule is C=CC(=O)N(CCC)CCC[Si](OCC)(OCC)OCC. The van der Waals surface area contributed by atoms with Crippen LogP contribution >= 0.6 is 0 Å². The number of hydrogen-bond donors (Lipinski definition) is 0. The van der Waals surface area contributed by atoms with Gasteiger partial charge in [-0.25, -0.2) is 0 Å². The normalized spacial score (nSPS) is 11.4. The minimum atomic E-state index is -2.59. The highest BCUT2D eigenvalue weighted by atomic mass is 28.4. The van der Waals surface area contributed by atoms with Crippen molar-refractivity contribution in [3.05, 3.63) is 12.7 Å². The van der Waals surface area contributed by atoms with Gasteiger partial charge in [-0.2, -0.15) is 0 Å². The molecule has 0 aromatic heterocycles. The third-order valence-corrected chi connectivity index (χ3v) is 6.13. The molecule has 1 amide bonds. The van der Waals surface area contributed by atoms with Crippen LogP contribution in [0.25, 0.3) is 0 Å². The maximum Gasteiger partial charge on any atom is 0.500 e. The maximum atomic E-state index is 11.8. The molecule has 0 N–H and O–H groups in total. The lowest BCUT2D eigenvalue weighted by Crippen LogP contribution is -2.46. The van der Waals surface area contributed by atoms with Crippen molar-refractivity contribution >= 4 is 14.7 Å². The lowest BCUT2D eigenvalue weighted by atomic mass is 10.3. The fourth-order valence-electron chi connectivity index (χ4n) is 2.22. The maximum absolute atomic E-state index is 11.8. The van der Waals surface area contributed by atoms with Gasteiger partial charge < -0.3 is 18.2 Å². The summed E-state index contributed by atoms with van der Waals surface area (Å²) in [6.45, 7) is 14.6. The summed E-state index contributed by atoms with van der Waals surface area (Å²) in [5.41, 5.74) is 0. The molecule has 0 aliphatic rings. The highest BCUT2D eigenvalue weighted by Gasteiger charge is 2.39. The predicted molar refractivity (Wildman–Crippen MR) is 87.1 cm³/mol. The van der Waals surface area contributed by atoms with Crippen LogP contribution in [0.4, 0.5) is 0 Å². The van der Waals surface area contributed by atoms with Crippen LogP contribution in [0.2, 0.25) is 6.04 Å². The average molecular weight is 318 g/mol. The molecule has 0 fully saturated rings. The van der Waals surface area contributed by atoms with Gasteiger partial charge in [0.2, 0.25) is 5.91 Å². The van der Waals surface area contributed by atoms with E-state index in [4.69, 9.17) is 13.3 Å². The molecular formula is C15H31NO4Si. The zero-order valence-electron chi connectivity index (χ0n) is 14.0. The first-order valence-electron chi connectivity index (χ1n) is 7.92. The first kappa shape index (κ1) is 20.3. The fourth-order valence-corrected chi connectivity index (χ4v) is 4.81. The number of carbonyl (C=O) groups excluding carboxylic acids is 1. The monoisotopic (exact) mass is 317 g/mol. The molecule has 0 rings (SSSR count). The van der Waals surface area contributed by atoms with Gasteiger partial charge in [0.25, 0.3) is 0 Å². The topological polar surface area (TPSA) is 48.0 Å². The van der Waals surface area contributed by atoms with E-state index in [1.165, 1.54) is 6.08 Å². The Morgan fingerprint density at radius 1 is 1.05 bits per heavy atom. The molecule has 6 heteroatoms. The molecule has 5 nitrogen and oxygen atoms in total. The van der Waals surface area contributed by atoms with Gasteiger partial charge in [0, 0.05) is 39.0 Å². The van der Waals surface area contributed by atoms with E-state index in [1.54, 1.807) is 0 Å². The number of amides is 1. The molecule has 0 spiro atoms. The molecule has 0 heterocycles. The highest BCUT2D eigenvalue weighted by Crippen LogP contribution is 2.18. The van der Waals surface area contributed by atoms with Crippen LogP contribution in [-0.4, -0.2) is 52.5 Å². The Hall–Kier alpha value is -0.693. The summed E-state index contributed by atoms with van der Waals surface area (Å²) in [7, 11) is -2.59. The molecule has 0 bridgehead atoms. The van der Waals surface area contributed by atoms with Crippen LogP contribution in [0.5, 0.6) is 0 Å². The van der Waals surface area contributed by atoms with Crippen LogP contribution < -0.4 is 0 Å². The van der Waals surface area contributed by atoms with Crippen LogP contribution in [0, 0.1) is 0 Å². The Labute approximate surface area is 130 Å². The molecule has 0 aliphatic carbocycles. The van der Waals surface area contributed by atoms with Gasteiger partial charge in [0.1, 0.15) is 0 Å². The van der Waals surface area contributed by atoms with Gasteiger partial charge in [0.15, 0.2) is 0 Å². The number of carbonyl (C=O) groups is 1. The van der Waals surface area contributed by atoms with E-state index in [-0.39, 0.29) is 5.91 Å². The largest absolute Gasteiger partial charge is 0.500 e. The summed E-state index contributed by atoms with van der Waals surface area (Å²) in [6, 6.07) is 0.729. The van der Waals surface area contributed by atoms with Crippen molar-refractivity contribution in [2.24, 2.45) is 0 Å². The minimum absolute atomic E-state index is 0.0200. The second kappa shape index (κ2) is 11.9. The summed E-state index contributed by atoms with van der Waals surface area (Å²) < 4.78 is 17.4. The third kappa shape index (κ3) is 7.76. The predicted octanol–water partition coefficient (Wildman–Crippen LogP) is 2.85. The standard InChI is InChI=1S/C15H31NO4Si/c1-6-12-16(15(17)7-2)13-11-14-21(18-8-3,19-9-4)20-10-5/h7H,2,6,8-14H2,1,3-5H3. The number of rotatable bonds is 13. The summed E-state index contributed by atoms with van der Waals surface area (Å²) in [6.07, 6.45) is 3.12. The Bertz CT molecular complexity index is 282. The molecule has 0 aromatic rings. The third-order valence-electron chi connectivity index (χ3n) is 2.98. The van der Waals surface area contributed by atoms with E-state index in [0.29, 0.717) is 26.4 Å². The van der Waals surface area contributed by atoms with Crippen LogP contribution in [-0.2, 0) is 18.1 Å². The van der Waals surface area contributed by atoms with Crippen molar-refractivity contribution in [3.8, 4) is 0 Å². The van der Waals surface area contributed by atoms with Crippen LogP contribution in [0.1, 0.15) is 40.5 Å². The zero-order chi connectivity index (χ0) is 16.1. The van der Waals surface area contributed by atoms with Gasteiger partial charge in [-0.1, -0.05) is 13.5 Å².